The van der Waals surface area contributed by atoms with Gasteiger partial charge in [-0.25, -0.2) is 0 Å². The molecule has 0 radical (unpaired) electrons. The Morgan fingerprint density at radius 1 is 1.00 bits per heavy atom. The highest BCUT2D eigenvalue weighted by atomic mass is 16.5. The molecule has 18 heavy (non-hydrogen) atoms. The van der Waals surface area contributed by atoms with Crippen LogP contribution in [0, 0.1) is 0 Å². The summed E-state index contributed by atoms with van der Waals surface area (Å²) in [5.74, 6) is -0.227. The molecule has 92 valence electrons. The number of hydrogen-bond acceptors (Lipinski definition) is 3. The van der Waals surface area contributed by atoms with E-state index in [-0.39, 0.29) is 5.97 Å². The van der Waals surface area contributed by atoms with Gasteiger partial charge in [-0.05, 0) is 28.8 Å². The van der Waals surface area contributed by atoms with Crippen molar-refractivity contribution in [2.24, 2.45) is 0 Å². The molecule has 0 unspecified atom stereocenters. The number of ether oxygens (including phenoxy) is 1. The van der Waals surface area contributed by atoms with Gasteiger partial charge in [-0.3, -0.25) is 4.79 Å². The predicted molar refractivity (Wildman–Crippen MR) is 72.0 cm³/mol. The molecule has 0 fully saturated rings. The molecule has 0 aromatic heterocycles. The summed E-state index contributed by atoms with van der Waals surface area (Å²) in [6, 6.07) is 15.5. The summed E-state index contributed by atoms with van der Waals surface area (Å²) in [6.45, 7) is 0. The number of esters is 1. The van der Waals surface area contributed by atoms with Crippen molar-refractivity contribution in [2.45, 2.75) is 6.42 Å². The maximum absolute atomic E-state index is 11.1. The van der Waals surface area contributed by atoms with E-state index in [2.05, 4.69) is 4.74 Å². The number of rotatable bonds is 3. The van der Waals surface area contributed by atoms with E-state index in [1.54, 1.807) is 0 Å². The summed E-state index contributed by atoms with van der Waals surface area (Å²) in [6.07, 6.45) is 0.304. The van der Waals surface area contributed by atoms with Crippen LogP contribution in [0.3, 0.4) is 0 Å². The van der Waals surface area contributed by atoms with Crippen molar-refractivity contribution in [3.63, 3.8) is 0 Å². The first kappa shape index (κ1) is 12.2. The second kappa shape index (κ2) is 5.36. The van der Waals surface area contributed by atoms with Crippen molar-refractivity contribution in [3.05, 3.63) is 54.1 Å². The van der Waals surface area contributed by atoms with E-state index in [0.717, 1.165) is 22.4 Å². The largest absolute Gasteiger partial charge is 0.469 e. The fourth-order valence-corrected chi connectivity index (χ4v) is 1.73. The van der Waals surface area contributed by atoms with E-state index in [0.29, 0.717) is 6.42 Å². The number of anilines is 1. The van der Waals surface area contributed by atoms with Gasteiger partial charge in [-0.1, -0.05) is 36.4 Å². The molecule has 0 saturated carbocycles. The Morgan fingerprint density at radius 3 is 2.00 bits per heavy atom. The Hall–Kier alpha value is -2.29. The topological polar surface area (TPSA) is 52.3 Å². The Labute approximate surface area is 106 Å². The maximum Gasteiger partial charge on any atom is 0.309 e. The monoisotopic (exact) mass is 241 g/mol. The van der Waals surface area contributed by atoms with Crippen LogP contribution in [0.4, 0.5) is 5.69 Å². The third-order valence-electron chi connectivity index (χ3n) is 2.77. The highest BCUT2D eigenvalue weighted by Gasteiger charge is 2.03. The van der Waals surface area contributed by atoms with Crippen LogP contribution in [0.15, 0.2) is 48.5 Å². The van der Waals surface area contributed by atoms with Crippen molar-refractivity contribution < 1.29 is 9.53 Å². The summed E-state index contributed by atoms with van der Waals surface area (Å²) in [7, 11) is 1.39. The number of methoxy groups -OCH3 is 1. The smallest absolute Gasteiger partial charge is 0.309 e. The Balaban J connectivity index is 2.17. The van der Waals surface area contributed by atoms with Crippen molar-refractivity contribution in [1.29, 1.82) is 0 Å². The van der Waals surface area contributed by atoms with Crippen LogP contribution in [0.5, 0.6) is 0 Å². The average molecular weight is 241 g/mol. The molecule has 2 N–H and O–H groups in total. The fourth-order valence-electron chi connectivity index (χ4n) is 1.73. The minimum Gasteiger partial charge on any atom is -0.469 e. The lowest BCUT2D eigenvalue weighted by molar-refractivity contribution is -0.139. The molecule has 2 aromatic rings. The first-order valence-corrected chi connectivity index (χ1v) is 5.71. The molecule has 2 rings (SSSR count). The molecule has 0 saturated heterocycles. The highest BCUT2D eigenvalue weighted by Crippen LogP contribution is 2.21. The first-order valence-electron chi connectivity index (χ1n) is 5.71. The van der Waals surface area contributed by atoms with Crippen molar-refractivity contribution in [3.8, 4) is 11.1 Å². The second-order valence-electron chi connectivity index (χ2n) is 4.07. The lowest BCUT2D eigenvalue weighted by atomic mass is 10.0. The maximum atomic E-state index is 11.1. The van der Waals surface area contributed by atoms with Gasteiger partial charge in [0.05, 0.1) is 13.5 Å². The number of carbonyl (C=O) groups is 1. The molecule has 0 heterocycles. The Kier molecular flexibility index (Phi) is 3.63. The van der Waals surface area contributed by atoms with Gasteiger partial charge in [-0.2, -0.15) is 0 Å². The summed E-state index contributed by atoms with van der Waals surface area (Å²) in [5.41, 5.74) is 9.55. The zero-order chi connectivity index (χ0) is 13.0. The van der Waals surface area contributed by atoms with Crippen molar-refractivity contribution in [2.75, 3.05) is 12.8 Å². The zero-order valence-electron chi connectivity index (χ0n) is 10.2. The SMILES string of the molecule is COC(=O)Cc1ccc(-c2ccc(N)cc2)cc1. The van der Waals surface area contributed by atoms with Crippen LogP contribution >= 0.6 is 0 Å². The van der Waals surface area contributed by atoms with Gasteiger partial charge in [0.15, 0.2) is 0 Å². The second-order valence-corrected chi connectivity index (χ2v) is 4.07. The third-order valence-corrected chi connectivity index (χ3v) is 2.77. The van der Waals surface area contributed by atoms with E-state index in [1.165, 1.54) is 7.11 Å². The highest BCUT2D eigenvalue weighted by molar-refractivity contribution is 5.73. The van der Waals surface area contributed by atoms with E-state index in [1.807, 2.05) is 48.5 Å². The van der Waals surface area contributed by atoms with Crippen LogP contribution < -0.4 is 5.73 Å². The third kappa shape index (κ3) is 2.88. The number of nitrogen functional groups attached to an aromatic ring is 1. The van der Waals surface area contributed by atoms with E-state index < -0.39 is 0 Å². The van der Waals surface area contributed by atoms with Crippen LogP contribution in [0.2, 0.25) is 0 Å². The molecule has 0 aliphatic carbocycles. The summed E-state index contributed by atoms with van der Waals surface area (Å²) < 4.78 is 4.63. The van der Waals surface area contributed by atoms with E-state index >= 15 is 0 Å². The van der Waals surface area contributed by atoms with Crippen LogP contribution in [0.25, 0.3) is 11.1 Å². The van der Waals surface area contributed by atoms with E-state index in [9.17, 15) is 4.79 Å². The molecule has 3 heteroatoms. The van der Waals surface area contributed by atoms with Crippen LogP contribution in [-0.4, -0.2) is 13.1 Å². The molecule has 0 spiro atoms. The molecular weight excluding hydrogens is 226 g/mol. The molecular formula is C15H15NO2. The predicted octanol–water partition coefficient (Wildman–Crippen LogP) is 2.65. The normalized spacial score (nSPS) is 10.1. The minimum atomic E-state index is -0.227. The molecule has 2 aromatic carbocycles. The molecule has 0 aliphatic heterocycles. The molecule has 0 bridgehead atoms. The number of hydrogen-bond donors (Lipinski definition) is 1. The molecule has 0 aliphatic rings. The lowest BCUT2D eigenvalue weighted by Gasteiger charge is -2.04. The number of benzene rings is 2. The number of nitrogens with two attached hydrogens (primary N) is 1. The average Bonchev–Trinajstić information content (AvgIpc) is 2.40. The Bertz CT molecular complexity index is 529. The van der Waals surface area contributed by atoms with Gasteiger partial charge in [-0.15, -0.1) is 0 Å². The Morgan fingerprint density at radius 2 is 1.50 bits per heavy atom. The van der Waals surface area contributed by atoms with Gasteiger partial charge in [0.25, 0.3) is 0 Å². The molecule has 0 atom stereocenters. The van der Waals surface area contributed by atoms with Crippen molar-refractivity contribution >= 4 is 11.7 Å². The quantitative estimate of drug-likeness (QED) is 0.664. The summed E-state index contributed by atoms with van der Waals surface area (Å²) in [4.78, 5) is 11.1. The number of carbonyl (C=O) groups excluding carboxylic acids is 1. The standard InChI is InChI=1S/C15H15NO2/c1-18-15(17)10-11-2-4-12(5-3-11)13-6-8-14(16)9-7-13/h2-9H,10,16H2,1H3. The summed E-state index contributed by atoms with van der Waals surface area (Å²) in [5, 5.41) is 0. The summed E-state index contributed by atoms with van der Waals surface area (Å²) >= 11 is 0. The fraction of sp³-hybridized carbons (Fsp3) is 0.133. The van der Waals surface area contributed by atoms with Gasteiger partial charge >= 0.3 is 5.97 Å². The van der Waals surface area contributed by atoms with Gasteiger partial charge in [0.1, 0.15) is 0 Å². The van der Waals surface area contributed by atoms with Crippen LogP contribution in [-0.2, 0) is 16.0 Å². The minimum absolute atomic E-state index is 0.227. The van der Waals surface area contributed by atoms with Crippen LogP contribution in [0.1, 0.15) is 5.56 Å². The van der Waals surface area contributed by atoms with Crippen molar-refractivity contribution in [1.82, 2.24) is 0 Å². The van der Waals surface area contributed by atoms with Gasteiger partial charge in [0, 0.05) is 5.69 Å². The molecule has 3 nitrogen and oxygen atoms in total. The molecule has 0 amide bonds. The van der Waals surface area contributed by atoms with E-state index in [4.69, 9.17) is 5.73 Å². The van der Waals surface area contributed by atoms with Gasteiger partial charge in [0.2, 0.25) is 0 Å². The lowest BCUT2D eigenvalue weighted by Crippen LogP contribution is -2.04. The first-order chi connectivity index (χ1) is 8.69. The van der Waals surface area contributed by atoms with Gasteiger partial charge < -0.3 is 10.5 Å². The zero-order valence-corrected chi connectivity index (χ0v) is 10.2.